The van der Waals surface area contributed by atoms with Crippen molar-refractivity contribution in [1.29, 1.82) is 0 Å². The standard InChI is InChI=1S/C10H20O2Si/c1-6-9(8-13(3,4)5)10(11)12-7-2/h6H,7-8H2,1-5H3/b9-6+. The summed E-state index contributed by atoms with van der Waals surface area (Å²) in [6.45, 7) is 10.9. The highest BCUT2D eigenvalue weighted by Gasteiger charge is 2.19. The number of allylic oxidation sites excluding steroid dienone is 1. The lowest BCUT2D eigenvalue weighted by molar-refractivity contribution is -0.138. The molecule has 0 rings (SSSR count). The van der Waals surface area contributed by atoms with Crippen molar-refractivity contribution in [2.75, 3.05) is 6.61 Å². The molecule has 0 amide bonds. The maximum absolute atomic E-state index is 11.4. The Bertz CT molecular complexity index is 201. The van der Waals surface area contributed by atoms with Crippen molar-refractivity contribution in [2.24, 2.45) is 0 Å². The van der Waals surface area contributed by atoms with Gasteiger partial charge >= 0.3 is 5.97 Å². The predicted octanol–water partition coefficient (Wildman–Crippen LogP) is 2.83. The van der Waals surface area contributed by atoms with Crippen molar-refractivity contribution in [3.8, 4) is 0 Å². The minimum Gasteiger partial charge on any atom is -0.463 e. The van der Waals surface area contributed by atoms with Gasteiger partial charge in [0.25, 0.3) is 0 Å². The maximum atomic E-state index is 11.4. The van der Waals surface area contributed by atoms with Gasteiger partial charge in [-0.3, -0.25) is 0 Å². The zero-order valence-corrected chi connectivity index (χ0v) is 10.3. The van der Waals surface area contributed by atoms with Crippen LogP contribution in [0.3, 0.4) is 0 Å². The average Bonchev–Trinajstić information content (AvgIpc) is 1.99. The van der Waals surface area contributed by atoms with E-state index in [1.165, 1.54) is 0 Å². The Hall–Kier alpha value is -0.573. The van der Waals surface area contributed by atoms with Gasteiger partial charge in [0, 0.05) is 13.6 Å². The Morgan fingerprint density at radius 1 is 1.38 bits per heavy atom. The summed E-state index contributed by atoms with van der Waals surface area (Å²) in [5, 5.41) is 0. The van der Waals surface area contributed by atoms with E-state index in [-0.39, 0.29) is 5.97 Å². The first kappa shape index (κ1) is 12.4. The molecule has 0 aromatic heterocycles. The molecule has 0 aliphatic heterocycles. The van der Waals surface area contributed by atoms with E-state index >= 15 is 0 Å². The van der Waals surface area contributed by atoms with Gasteiger partial charge in [0.05, 0.1) is 6.61 Å². The topological polar surface area (TPSA) is 26.3 Å². The Kier molecular flexibility index (Phi) is 4.99. The molecule has 0 saturated heterocycles. The molecule has 76 valence electrons. The van der Waals surface area contributed by atoms with Crippen LogP contribution in [-0.2, 0) is 9.53 Å². The van der Waals surface area contributed by atoms with Gasteiger partial charge in [-0.05, 0) is 19.9 Å². The van der Waals surface area contributed by atoms with Gasteiger partial charge in [0.15, 0.2) is 0 Å². The van der Waals surface area contributed by atoms with Crippen LogP contribution in [0.5, 0.6) is 0 Å². The van der Waals surface area contributed by atoms with Gasteiger partial charge in [0.1, 0.15) is 0 Å². The third-order valence-corrected chi connectivity index (χ3v) is 3.05. The zero-order chi connectivity index (χ0) is 10.5. The first-order chi connectivity index (χ1) is 5.90. The fourth-order valence-electron chi connectivity index (χ4n) is 1.09. The summed E-state index contributed by atoms with van der Waals surface area (Å²) < 4.78 is 4.96. The van der Waals surface area contributed by atoms with Crippen LogP contribution in [0.1, 0.15) is 13.8 Å². The lowest BCUT2D eigenvalue weighted by Crippen LogP contribution is -2.23. The Labute approximate surface area is 82.0 Å². The Morgan fingerprint density at radius 3 is 2.23 bits per heavy atom. The number of hydrogen-bond acceptors (Lipinski definition) is 2. The van der Waals surface area contributed by atoms with Gasteiger partial charge in [-0.2, -0.15) is 0 Å². The summed E-state index contributed by atoms with van der Waals surface area (Å²) >= 11 is 0. The molecule has 0 spiro atoms. The Balaban J connectivity index is 4.29. The first-order valence-corrected chi connectivity index (χ1v) is 8.43. The van der Waals surface area contributed by atoms with Crippen LogP contribution >= 0.6 is 0 Å². The quantitative estimate of drug-likeness (QED) is 0.396. The van der Waals surface area contributed by atoms with Crippen molar-refractivity contribution in [1.82, 2.24) is 0 Å². The summed E-state index contributed by atoms with van der Waals surface area (Å²) in [5.74, 6) is -0.146. The second-order valence-corrected chi connectivity index (χ2v) is 9.75. The molecule has 3 heteroatoms. The second kappa shape index (κ2) is 5.22. The number of hydrogen-bond donors (Lipinski definition) is 0. The van der Waals surface area contributed by atoms with E-state index in [1.807, 2.05) is 19.9 Å². The summed E-state index contributed by atoms with van der Waals surface area (Å²) in [4.78, 5) is 11.4. The number of ether oxygens (including phenoxy) is 1. The average molecular weight is 200 g/mol. The number of rotatable bonds is 4. The van der Waals surface area contributed by atoms with E-state index in [2.05, 4.69) is 19.6 Å². The molecule has 0 atom stereocenters. The van der Waals surface area contributed by atoms with E-state index < -0.39 is 8.07 Å². The molecule has 0 aliphatic carbocycles. The van der Waals surface area contributed by atoms with Gasteiger partial charge in [0.2, 0.25) is 0 Å². The van der Waals surface area contributed by atoms with Crippen molar-refractivity contribution in [3.63, 3.8) is 0 Å². The summed E-state index contributed by atoms with van der Waals surface area (Å²) in [6.07, 6.45) is 1.87. The van der Waals surface area contributed by atoms with E-state index in [0.717, 1.165) is 11.6 Å². The van der Waals surface area contributed by atoms with Crippen LogP contribution in [-0.4, -0.2) is 20.7 Å². The van der Waals surface area contributed by atoms with Crippen LogP contribution in [0.4, 0.5) is 0 Å². The van der Waals surface area contributed by atoms with Gasteiger partial charge in [-0.1, -0.05) is 25.7 Å². The molecule has 2 nitrogen and oxygen atoms in total. The summed E-state index contributed by atoms with van der Waals surface area (Å²) in [7, 11) is -1.20. The van der Waals surface area contributed by atoms with Crippen molar-refractivity contribution in [3.05, 3.63) is 11.6 Å². The smallest absolute Gasteiger partial charge is 0.333 e. The molecule has 0 N–H and O–H groups in total. The third kappa shape index (κ3) is 5.63. The van der Waals surface area contributed by atoms with Gasteiger partial charge < -0.3 is 4.74 Å². The highest BCUT2D eigenvalue weighted by Crippen LogP contribution is 2.17. The summed E-state index contributed by atoms with van der Waals surface area (Å²) in [6, 6.07) is 0.905. The molecule has 0 unspecified atom stereocenters. The lowest BCUT2D eigenvalue weighted by atomic mass is 10.3. The van der Waals surface area contributed by atoms with E-state index in [4.69, 9.17) is 4.74 Å². The molecule has 0 fully saturated rings. The van der Waals surface area contributed by atoms with Crippen molar-refractivity contribution < 1.29 is 9.53 Å². The lowest BCUT2D eigenvalue weighted by Gasteiger charge is -2.16. The molecule has 0 heterocycles. The molecule has 0 radical (unpaired) electrons. The number of carbonyl (C=O) groups excluding carboxylic acids is 1. The molecule has 0 bridgehead atoms. The minimum absolute atomic E-state index is 0.146. The normalized spacial score (nSPS) is 12.8. The fraction of sp³-hybridized carbons (Fsp3) is 0.700. The van der Waals surface area contributed by atoms with Crippen LogP contribution in [0.15, 0.2) is 11.6 Å². The molecular weight excluding hydrogens is 180 g/mol. The van der Waals surface area contributed by atoms with E-state index in [0.29, 0.717) is 6.61 Å². The van der Waals surface area contributed by atoms with Crippen molar-refractivity contribution in [2.45, 2.75) is 39.5 Å². The maximum Gasteiger partial charge on any atom is 0.333 e. The highest BCUT2D eigenvalue weighted by molar-refractivity contribution is 6.77. The van der Waals surface area contributed by atoms with Crippen LogP contribution in [0.2, 0.25) is 25.7 Å². The third-order valence-electron chi connectivity index (χ3n) is 1.61. The molecule has 0 aromatic rings. The minimum atomic E-state index is -1.20. The molecular formula is C10H20O2Si. The SMILES string of the molecule is C/C=C(\C[Si](C)(C)C)C(=O)OCC. The highest BCUT2D eigenvalue weighted by atomic mass is 28.3. The summed E-state index contributed by atoms with van der Waals surface area (Å²) in [5.41, 5.74) is 0.834. The first-order valence-electron chi connectivity index (χ1n) is 4.73. The zero-order valence-electron chi connectivity index (χ0n) is 9.31. The molecule has 13 heavy (non-hydrogen) atoms. The van der Waals surface area contributed by atoms with E-state index in [9.17, 15) is 4.79 Å². The molecule has 0 saturated carbocycles. The Morgan fingerprint density at radius 2 is 1.92 bits per heavy atom. The van der Waals surface area contributed by atoms with E-state index in [1.54, 1.807) is 0 Å². The van der Waals surface area contributed by atoms with Gasteiger partial charge in [-0.15, -0.1) is 0 Å². The number of carbonyl (C=O) groups is 1. The van der Waals surface area contributed by atoms with Crippen LogP contribution in [0.25, 0.3) is 0 Å². The number of esters is 1. The van der Waals surface area contributed by atoms with Crippen LogP contribution in [0, 0.1) is 0 Å². The predicted molar refractivity (Wildman–Crippen MR) is 58.5 cm³/mol. The van der Waals surface area contributed by atoms with Crippen molar-refractivity contribution >= 4 is 14.0 Å². The van der Waals surface area contributed by atoms with Gasteiger partial charge in [-0.25, -0.2) is 4.79 Å². The molecule has 0 aromatic carbocycles. The molecule has 0 aliphatic rings. The fourth-order valence-corrected chi connectivity index (χ4v) is 2.58. The van der Waals surface area contributed by atoms with Crippen LogP contribution < -0.4 is 0 Å². The second-order valence-electron chi connectivity index (χ2n) is 4.27. The monoisotopic (exact) mass is 200 g/mol. The largest absolute Gasteiger partial charge is 0.463 e.